The van der Waals surface area contributed by atoms with Gasteiger partial charge >= 0.3 is 0 Å². The van der Waals surface area contributed by atoms with Crippen LogP contribution in [0.1, 0.15) is 51.3 Å². The molecular formula is C14H23F. The van der Waals surface area contributed by atoms with Crippen LogP contribution in [0.4, 0.5) is 4.39 Å². The van der Waals surface area contributed by atoms with Crippen LogP contribution in [0, 0.1) is 19.7 Å². The third-order valence-electron chi connectivity index (χ3n) is 2.53. The van der Waals surface area contributed by atoms with E-state index in [9.17, 15) is 4.39 Å². The fourth-order valence-corrected chi connectivity index (χ4v) is 1.60. The second kappa shape index (κ2) is 5.29. The SMILES string of the molecule is CC.Cc1c(F)ccc(C(C)(C)C)c1C. The molecule has 0 aliphatic rings. The molecule has 0 radical (unpaired) electrons. The first-order valence-electron chi connectivity index (χ1n) is 5.60. The Bertz CT molecular complexity index is 319. The maximum atomic E-state index is 13.1. The van der Waals surface area contributed by atoms with E-state index >= 15 is 0 Å². The van der Waals surface area contributed by atoms with Gasteiger partial charge in [0.05, 0.1) is 0 Å². The lowest BCUT2D eigenvalue weighted by atomic mass is 9.83. The smallest absolute Gasteiger partial charge is 0.126 e. The fraction of sp³-hybridized carbons (Fsp3) is 0.571. The molecule has 0 spiro atoms. The molecule has 0 saturated carbocycles. The molecule has 0 heterocycles. The minimum absolute atomic E-state index is 0.0997. The number of benzene rings is 1. The van der Waals surface area contributed by atoms with Gasteiger partial charge in [-0.3, -0.25) is 0 Å². The third kappa shape index (κ3) is 3.33. The molecule has 0 aliphatic carbocycles. The van der Waals surface area contributed by atoms with E-state index < -0.39 is 0 Å². The molecule has 1 aromatic rings. The first-order valence-corrected chi connectivity index (χ1v) is 5.60. The van der Waals surface area contributed by atoms with Crippen LogP contribution >= 0.6 is 0 Å². The van der Waals surface area contributed by atoms with Crippen molar-refractivity contribution >= 4 is 0 Å². The highest BCUT2D eigenvalue weighted by Crippen LogP contribution is 2.28. The van der Waals surface area contributed by atoms with Crippen molar-refractivity contribution in [2.45, 2.75) is 53.9 Å². The Balaban J connectivity index is 0.000000921. The molecule has 0 aromatic heterocycles. The van der Waals surface area contributed by atoms with Gasteiger partial charge in [-0.15, -0.1) is 0 Å². The zero-order chi connectivity index (χ0) is 12.2. The second-order valence-electron chi connectivity index (χ2n) is 4.59. The van der Waals surface area contributed by atoms with Crippen LogP contribution in [0.25, 0.3) is 0 Å². The molecule has 0 nitrogen and oxygen atoms in total. The van der Waals surface area contributed by atoms with Gasteiger partial charge in [-0.25, -0.2) is 4.39 Å². The van der Waals surface area contributed by atoms with Crippen LogP contribution in [0.2, 0.25) is 0 Å². The number of hydrogen-bond donors (Lipinski definition) is 0. The van der Waals surface area contributed by atoms with E-state index in [1.54, 1.807) is 6.07 Å². The summed E-state index contributed by atoms with van der Waals surface area (Å²) in [5, 5.41) is 0. The number of rotatable bonds is 0. The Morgan fingerprint density at radius 1 is 0.933 bits per heavy atom. The highest BCUT2D eigenvalue weighted by Gasteiger charge is 2.17. The van der Waals surface area contributed by atoms with Crippen LogP contribution in [0.5, 0.6) is 0 Å². The van der Waals surface area contributed by atoms with Gasteiger partial charge in [-0.2, -0.15) is 0 Å². The van der Waals surface area contributed by atoms with Gasteiger partial charge in [0, 0.05) is 0 Å². The predicted octanol–water partition coefficient (Wildman–Crippen LogP) is 4.77. The molecular weight excluding hydrogens is 187 g/mol. The molecule has 0 aliphatic heterocycles. The largest absolute Gasteiger partial charge is 0.207 e. The van der Waals surface area contributed by atoms with Gasteiger partial charge < -0.3 is 0 Å². The molecule has 0 unspecified atom stereocenters. The van der Waals surface area contributed by atoms with Gasteiger partial charge in [-0.05, 0) is 42.0 Å². The average Bonchev–Trinajstić information content (AvgIpc) is 2.15. The van der Waals surface area contributed by atoms with Crippen molar-refractivity contribution in [3.63, 3.8) is 0 Å². The zero-order valence-electron chi connectivity index (χ0n) is 11.0. The average molecular weight is 210 g/mol. The predicted molar refractivity (Wildman–Crippen MR) is 65.9 cm³/mol. The van der Waals surface area contributed by atoms with E-state index in [0.29, 0.717) is 0 Å². The lowest BCUT2D eigenvalue weighted by Gasteiger charge is -2.22. The highest BCUT2D eigenvalue weighted by atomic mass is 19.1. The molecule has 0 N–H and O–H groups in total. The summed E-state index contributed by atoms with van der Waals surface area (Å²) in [6, 6.07) is 3.45. The monoisotopic (exact) mass is 210 g/mol. The molecule has 0 bridgehead atoms. The van der Waals surface area contributed by atoms with E-state index in [2.05, 4.69) is 20.8 Å². The van der Waals surface area contributed by atoms with Crippen LogP contribution in [0.15, 0.2) is 12.1 Å². The van der Waals surface area contributed by atoms with Crippen LogP contribution in [0.3, 0.4) is 0 Å². The van der Waals surface area contributed by atoms with Crippen molar-refractivity contribution in [2.75, 3.05) is 0 Å². The maximum Gasteiger partial charge on any atom is 0.126 e. The van der Waals surface area contributed by atoms with Crippen molar-refractivity contribution in [1.82, 2.24) is 0 Å². The molecule has 86 valence electrons. The van der Waals surface area contributed by atoms with E-state index in [1.807, 2.05) is 33.8 Å². The lowest BCUT2D eigenvalue weighted by Crippen LogP contribution is -2.14. The molecule has 0 fully saturated rings. The van der Waals surface area contributed by atoms with Crippen LogP contribution in [-0.2, 0) is 5.41 Å². The number of hydrogen-bond acceptors (Lipinski definition) is 0. The Morgan fingerprint density at radius 3 is 1.80 bits per heavy atom. The molecule has 1 rings (SSSR count). The quantitative estimate of drug-likeness (QED) is 0.579. The summed E-state index contributed by atoms with van der Waals surface area (Å²) in [6.45, 7) is 14.3. The van der Waals surface area contributed by atoms with Gasteiger partial charge in [0.1, 0.15) is 5.82 Å². The number of halogens is 1. The van der Waals surface area contributed by atoms with Crippen LogP contribution < -0.4 is 0 Å². The molecule has 0 amide bonds. The van der Waals surface area contributed by atoms with Crippen molar-refractivity contribution in [3.05, 3.63) is 34.6 Å². The minimum atomic E-state index is -0.106. The molecule has 1 aromatic carbocycles. The van der Waals surface area contributed by atoms with Gasteiger partial charge in [0.15, 0.2) is 0 Å². The molecule has 0 saturated heterocycles. The summed E-state index contributed by atoms with van der Waals surface area (Å²) in [5.41, 5.74) is 3.18. The van der Waals surface area contributed by atoms with Gasteiger partial charge in [0.2, 0.25) is 0 Å². The van der Waals surface area contributed by atoms with E-state index in [4.69, 9.17) is 0 Å². The van der Waals surface area contributed by atoms with Gasteiger partial charge in [0.25, 0.3) is 0 Å². The Hall–Kier alpha value is -0.850. The molecule has 0 atom stereocenters. The maximum absolute atomic E-state index is 13.1. The molecule has 1 heteroatoms. The van der Waals surface area contributed by atoms with E-state index in [0.717, 1.165) is 11.1 Å². The first-order chi connectivity index (χ1) is 6.84. The van der Waals surface area contributed by atoms with Crippen molar-refractivity contribution in [1.29, 1.82) is 0 Å². The first kappa shape index (κ1) is 14.2. The van der Waals surface area contributed by atoms with E-state index in [-0.39, 0.29) is 11.2 Å². The summed E-state index contributed by atoms with van der Waals surface area (Å²) < 4.78 is 13.1. The summed E-state index contributed by atoms with van der Waals surface area (Å²) >= 11 is 0. The van der Waals surface area contributed by atoms with Gasteiger partial charge in [-0.1, -0.05) is 40.7 Å². The van der Waals surface area contributed by atoms with E-state index in [1.165, 1.54) is 5.56 Å². The Labute approximate surface area is 93.5 Å². The summed E-state index contributed by atoms with van der Waals surface area (Å²) in [5.74, 6) is -0.106. The third-order valence-corrected chi connectivity index (χ3v) is 2.53. The summed E-state index contributed by atoms with van der Waals surface area (Å²) in [4.78, 5) is 0. The Morgan fingerprint density at radius 2 is 1.40 bits per heavy atom. The Kier molecular flexibility index (Phi) is 4.99. The lowest BCUT2D eigenvalue weighted by molar-refractivity contribution is 0.574. The standard InChI is InChI=1S/C12H17F.C2H6/c1-8-9(2)11(13)7-6-10(8)12(3,4)5;1-2/h6-7H,1-5H3;1-2H3. The highest BCUT2D eigenvalue weighted by molar-refractivity contribution is 5.38. The summed E-state index contributed by atoms with van der Waals surface area (Å²) in [7, 11) is 0. The molecule has 15 heavy (non-hydrogen) atoms. The normalized spacial score (nSPS) is 10.7. The van der Waals surface area contributed by atoms with Crippen molar-refractivity contribution < 1.29 is 4.39 Å². The second-order valence-corrected chi connectivity index (χ2v) is 4.59. The van der Waals surface area contributed by atoms with Crippen LogP contribution in [-0.4, -0.2) is 0 Å². The van der Waals surface area contributed by atoms with Crippen molar-refractivity contribution in [3.8, 4) is 0 Å². The summed E-state index contributed by atoms with van der Waals surface area (Å²) in [6.07, 6.45) is 0. The zero-order valence-corrected chi connectivity index (χ0v) is 11.0. The minimum Gasteiger partial charge on any atom is -0.207 e. The topological polar surface area (TPSA) is 0 Å². The van der Waals surface area contributed by atoms with Crippen molar-refractivity contribution in [2.24, 2.45) is 0 Å². The fourth-order valence-electron chi connectivity index (χ4n) is 1.60.